The van der Waals surface area contributed by atoms with E-state index in [-0.39, 0.29) is 23.2 Å². The molecule has 1 saturated heterocycles. The van der Waals surface area contributed by atoms with Gasteiger partial charge in [-0.3, -0.25) is 9.69 Å². The molecule has 0 aromatic heterocycles. The maximum atomic E-state index is 12.7. The van der Waals surface area contributed by atoms with E-state index in [1.165, 1.54) is 0 Å². The number of urea groups is 1. The van der Waals surface area contributed by atoms with Crippen LogP contribution in [-0.4, -0.2) is 73.6 Å². The molecule has 1 aromatic rings. The number of carbonyl (C=O) groups is 2. The van der Waals surface area contributed by atoms with Gasteiger partial charge in [0, 0.05) is 36.6 Å². The van der Waals surface area contributed by atoms with Crippen LogP contribution < -0.4 is 10.2 Å². The molecule has 0 radical (unpaired) electrons. The summed E-state index contributed by atoms with van der Waals surface area (Å²) >= 11 is 6.48. The fourth-order valence-corrected chi connectivity index (χ4v) is 4.07. The second kappa shape index (κ2) is 10.8. The molecule has 2 amide bonds. The topological polar surface area (TPSA) is 71.1 Å². The zero-order chi connectivity index (χ0) is 23.2. The Hall–Kier alpha value is -1.64. The van der Waals surface area contributed by atoms with Crippen LogP contribution in [-0.2, 0) is 13.7 Å². The summed E-state index contributed by atoms with van der Waals surface area (Å²) < 4.78 is 11.2. The zero-order valence-electron chi connectivity index (χ0n) is 19.5. The molecule has 1 N–H and O–H groups in total. The maximum Gasteiger partial charge on any atom is 0.324 e. The molecule has 0 aliphatic carbocycles. The minimum absolute atomic E-state index is 0.129. The van der Waals surface area contributed by atoms with Crippen molar-refractivity contribution < 1.29 is 18.5 Å². The molecular weight excluding hydrogens is 438 g/mol. The van der Waals surface area contributed by atoms with Gasteiger partial charge in [-0.25, -0.2) is 4.79 Å². The van der Waals surface area contributed by atoms with Crippen molar-refractivity contribution in [2.45, 2.75) is 38.9 Å². The molecule has 0 spiro atoms. The van der Waals surface area contributed by atoms with E-state index in [1.54, 1.807) is 16.7 Å². The summed E-state index contributed by atoms with van der Waals surface area (Å²) in [5, 5.41) is 3.84. The van der Waals surface area contributed by atoms with Crippen LogP contribution in [0.25, 0.3) is 0 Å². The lowest BCUT2D eigenvalue weighted by molar-refractivity contribution is -0.143. The highest BCUT2D eigenvalue weighted by Crippen LogP contribution is 2.53. The fourth-order valence-electron chi connectivity index (χ4n) is 2.93. The average molecular weight is 474 g/mol. The highest BCUT2D eigenvalue weighted by atomic mass is 35.5. The van der Waals surface area contributed by atoms with Crippen LogP contribution in [0.2, 0.25) is 5.02 Å². The molecule has 1 aliphatic rings. The summed E-state index contributed by atoms with van der Waals surface area (Å²) in [4.78, 5) is 27.6. The first kappa shape index (κ1) is 25.6. The normalized spacial score (nSPS) is 15.4. The van der Waals surface area contributed by atoms with E-state index in [0.29, 0.717) is 50.1 Å². The standard InChI is InChI=1S/C22H36ClN3O4S/c1-7-29-20(27)10-12-25-13-14-26(21(25)28)19-9-8-17(16-18(19)23)24-11-15-30-31(5,6)22(2,3)4/h8-9,16,24H,7,10-15H2,1-6H3. The quantitative estimate of drug-likeness (QED) is 0.392. The molecule has 1 heterocycles. The first-order valence-corrected chi connectivity index (χ1v) is 13.3. The van der Waals surface area contributed by atoms with Crippen LogP contribution in [0.5, 0.6) is 0 Å². The van der Waals surface area contributed by atoms with Gasteiger partial charge in [0.15, 0.2) is 0 Å². The predicted octanol–water partition coefficient (Wildman–Crippen LogP) is 4.74. The average Bonchev–Trinajstić information content (AvgIpc) is 3.03. The van der Waals surface area contributed by atoms with Gasteiger partial charge in [-0.05, 0) is 37.6 Å². The van der Waals surface area contributed by atoms with E-state index in [4.69, 9.17) is 20.5 Å². The minimum atomic E-state index is -1.15. The summed E-state index contributed by atoms with van der Waals surface area (Å²) in [5.74, 6) is -0.293. The molecule has 0 saturated carbocycles. The molecule has 1 aliphatic heterocycles. The van der Waals surface area contributed by atoms with Gasteiger partial charge in [0.1, 0.15) is 0 Å². The van der Waals surface area contributed by atoms with Crippen molar-refractivity contribution in [2.75, 3.05) is 62.1 Å². The fraction of sp³-hybridized carbons (Fsp3) is 0.636. The molecule has 0 atom stereocenters. The van der Waals surface area contributed by atoms with E-state index in [0.717, 1.165) is 5.69 Å². The van der Waals surface area contributed by atoms with Crippen LogP contribution in [0.15, 0.2) is 18.2 Å². The number of benzene rings is 1. The number of hydrogen-bond donors (Lipinski definition) is 1. The summed E-state index contributed by atoms with van der Waals surface area (Å²) in [5.41, 5.74) is 1.55. The van der Waals surface area contributed by atoms with Crippen molar-refractivity contribution in [3.05, 3.63) is 23.2 Å². The predicted molar refractivity (Wildman–Crippen MR) is 131 cm³/mol. The van der Waals surface area contributed by atoms with Gasteiger partial charge in [0.2, 0.25) is 0 Å². The molecule has 7 nitrogen and oxygen atoms in total. The molecule has 1 fully saturated rings. The number of ether oxygens (including phenoxy) is 1. The Morgan fingerprint density at radius 3 is 2.58 bits per heavy atom. The largest absolute Gasteiger partial charge is 0.466 e. The van der Waals surface area contributed by atoms with Gasteiger partial charge in [0.25, 0.3) is 0 Å². The van der Waals surface area contributed by atoms with Crippen molar-refractivity contribution in [2.24, 2.45) is 0 Å². The number of anilines is 2. The number of hydrogen-bond acceptors (Lipinski definition) is 5. The maximum absolute atomic E-state index is 12.7. The lowest BCUT2D eigenvalue weighted by atomic mass is 10.2. The number of nitrogens with one attached hydrogen (secondary N) is 1. The lowest BCUT2D eigenvalue weighted by Gasteiger charge is -2.43. The molecule has 176 valence electrons. The van der Waals surface area contributed by atoms with E-state index < -0.39 is 10.3 Å². The Morgan fingerprint density at radius 2 is 1.97 bits per heavy atom. The van der Waals surface area contributed by atoms with Crippen molar-refractivity contribution in [1.29, 1.82) is 0 Å². The summed E-state index contributed by atoms with van der Waals surface area (Å²) in [6, 6.07) is 5.44. The van der Waals surface area contributed by atoms with Crippen molar-refractivity contribution in [3.63, 3.8) is 0 Å². The molecule has 0 bridgehead atoms. The second-order valence-corrected chi connectivity index (χ2v) is 13.1. The third kappa shape index (κ3) is 6.92. The van der Waals surface area contributed by atoms with E-state index in [1.807, 2.05) is 18.2 Å². The first-order valence-electron chi connectivity index (χ1n) is 10.6. The van der Waals surface area contributed by atoms with Crippen molar-refractivity contribution in [1.82, 2.24) is 4.90 Å². The van der Waals surface area contributed by atoms with Gasteiger partial charge in [-0.15, -0.1) is 10.3 Å². The Bertz CT molecular complexity index is 783. The second-order valence-electron chi connectivity index (χ2n) is 8.74. The van der Waals surface area contributed by atoms with Crippen LogP contribution in [0.1, 0.15) is 34.1 Å². The molecule has 0 unspecified atom stereocenters. The van der Waals surface area contributed by atoms with Gasteiger partial charge < -0.3 is 19.1 Å². The van der Waals surface area contributed by atoms with E-state index >= 15 is 0 Å². The third-order valence-electron chi connectivity index (χ3n) is 5.51. The Labute approximate surface area is 192 Å². The highest BCUT2D eigenvalue weighted by molar-refractivity contribution is 8.29. The Balaban J connectivity index is 1.88. The zero-order valence-corrected chi connectivity index (χ0v) is 21.1. The number of nitrogens with zero attached hydrogens (tertiary/aromatic N) is 2. The number of rotatable bonds is 10. The number of halogens is 1. The Kier molecular flexibility index (Phi) is 8.92. The molecule has 9 heteroatoms. The number of esters is 1. The van der Waals surface area contributed by atoms with Crippen LogP contribution in [0.4, 0.5) is 16.2 Å². The summed E-state index contributed by atoms with van der Waals surface area (Å²) in [6.07, 6.45) is 4.56. The van der Waals surface area contributed by atoms with Crippen LogP contribution in [0, 0.1) is 0 Å². The smallest absolute Gasteiger partial charge is 0.324 e. The monoisotopic (exact) mass is 473 g/mol. The summed E-state index contributed by atoms with van der Waals surface area (Å²) in [6.45, 7) is 11.4. The molecule has 1 aromatic carbocycles. The van der Waals surface area contributed by atoms with Crippen LogP contribution >= 0.6 is 21.9 Å². The van der Waals surface area contributed by atoms with Gasteiger partial charge >= 0.3 is 12.0 Å². The Morgan fingerprint density at radius 1 is 1.26 bits per heavy atom. The molecular formula is C22H36ClN3O4S. The highest BCUT2D eigenvalue weighted by Gasteiger charge is 2.31. The van der Waals surface area contributed by atoms with E-state index in [9.17, 15) is 9.59 Å². The van der Waals surface area contributed by atoms with E-state index in [2.05, 4.69) is 38.6 Å². The third-order valence-corrected chi connectivity index (χ3v) is 9.52. The summed E-state index contributed by atoms with van der Waals surface area (Å²) in [7, 11) is -1.15. The minimum Gasteiger partial charge on any atom is -0.466 e. The van der Waals surface area contributed by atoms with Crippen molar-refractivity contribution in [3.8, 4) is 0 Å². The van der Waals surface area contributed by atoms with Gasteiger partial charge in [-0.1, -0.05) is 32.4 Å². The first-order chi connectivity index (χ1) is 14.5. The SMILES string of the molecule is CCOC(=O)CCN1CCN(c2ccc(NCCOS(C)(C)C(C)(C)C)cc2Cl)C1=O. The number of carbonyl (C=O) groups excluding carboxylic acids is 2. The molecule has 31 heavy (non-hydrogen) atoms. The lowest BCUT2D eigenvalue weighted by Crippen LogP contribution is -2.33. The van der Waals surface area contributed by atoms with Crippen LogP contribution in [0.3, 0.4) is 0 Å². The van der Waals surface area contributed by atoms with Gasteiger partial charge in [-0.2, -0.15) is 0 Å². The molecule has 2 rings (SSSR count). The van der Waals surface area contributed by atoms with Crippen molar-refractivity contribution >= 4 is 45.3 Å². The number of amides is 2. The van der Waals surface area contributed by atoms with Gasteiger partial charge in [0.05, 0.1) is 30.3 Å².